The molecule has 2 heteroatoms. The average molecular weight is 232 g/mol. The lowest BCUT2D eigenvalue weighted by atomic mass is 10.00. The van der Waals surface area contributed by atoms with E-state index >= 15 is 0 Å². The van der Waals surface area contributed by atoms with Crippen LogP contribution < -0.4 is 5.32 Å². The summed E-state index contributed by atoms with van der Waals surface area (Å²) in [6.07, 6.45) is 0. The molecule has 0 aromatic heterocycles. The first kappa shape index (κ1) is 12.6. The van der Waals surface area contributed by atoms with Crippen molar-refractivity contribution >= 4 is 0 Å². The third-order valence-electron chi connectivity index (χ3n) is 3.80. The van der Waals surface area contributed by atoms with Crippen LogP contribution in [0.15, 0.2) is 12.1 Å². The Balaban J connectivity index is 2.10. The predicted molar refractivity (Wildman–Crippen MR) is 73.4 cm³/mol. The second-order valence-corrected chi connectivity index (χ2v) is 5.45. The van der Waals surface area contributed by atoms with Gasteiger partial charge in [0, 0.05) is 32.2 Å². The first-order valence-electron chi connectivity index (χ1n) is 6.58. The minimum absolute atomic E-state index is 0.621. The quantitative estimate of drug-likeness (QED) is 0.842. The summed E-state index contributed by atoms with van der Waals surface area (Å²) in [4.78, 5) is 2.55. The van der Waals surface area contributed by atoms with E-state index in [9.17, 15) is 0 Å². The zero-order valence-corrected chi connectivity index (χ0v) is 11.5. The molecule has 1 aliphatic rings. The van der Waals surface area contributed by atoms with E-state index in [1.54, 1.807) is 0 Å². The van der Waals surface area contributed by atoms with Crippen molar-refractivity contribution < 1.29 is 0 Å². The number of rotatable bonds is 2. The lowest BCUT2D eigenvalue weighted by molar-refractivity contribution is 0.199. The van der Waals surface area contributed by atoms with Gasteiger partial charge in [-0.2, -0.15) is 0 Å². The van der Waals surface area contributed by atoms with Crippen molar-refractivity contribution in [1.82, 2.24) is 10.2 Å². The molecule has 0 radical (unpaired) electrons. The Labute approximate surface area is 105 Å². The number of aryl methyl sites for hydroxylation is 3. The van der Waals surface area contributed by atoms with Crippen molar-refractivity contribution in [2.24, 2.45) is 0 Å². The van der Waals surface area contributed by atoms with E-state index < -0.39 is 0 Å². The fraction of sp³-hybridized carbons (Fsp3) is 0.600. The Morgan fingerprint density at radius 2 is 1.88 bits per heavy atom. The molecule has 0 bridgehead atoms. The largest absolute Gasteiger partial charge is 0.312 e. The molecule has 1 aromatic rings. The zero-order chi connectivity index (χ0) is 12.4. The minimum atomic E-state index is 0.621. The fourth-order valence-electron chi connectivity index (χ4n) is 2.59. The normalized spacial score (nSPS) is 21.8. The third-order valence-corrected chi connectivity index (χ3v) is 3.80. The van der Waals surface area contributed by atoms with Crippen molar-refractivity contribution in [2.75, 3.05) is 19.6 Å². The highest BCUT2D eigenvalue weighted by Gasteiger charge is 2.16. The summed E-state index contributed by atoms with van der Waals surface area (Å²) in [5.41, 5.74) is 5.73. The van der Waals surface area contributed by atoms with E-state index in [0.29, 0.717) is 6.04 Å². The van der Waals surface area contributed by atoms with Gasteiger partial charge in [-0.25, -0.2) is 0 Å². The van der Waals surface area contributed by atoms with Gasteiger partial charge in [0.25, 0.3) is 0 Å². The molecule has 2 rings (SSSR count). The smallest absolute Gasteiger partial charge is 0.0237 e. The molecule has 1 N–H and O–H groups in total. The summed E-state index contributed by atoms with van der Waals surface area (Å²) < 4.78 is 0. The lowest BCUT2D eigenvalue weighted by Crippen LogP contribution is -2.48. The van der Waals surface area contributed by atoms with Crippen LogP contribution in [-0.4, -0.2) is 30.6 Å². The maximum atomic E-state index is 3.49. The van der Waals surface area contributed by atoms with Crippen LogP contribution in [0.25, 0.3) is 0 Å². The molecule has 2 nitrogen and oxygen atoms in total. The van der Waals surface area contributed by atoms with E-state index in [0.717, 1.165) is 26.2 Å². The van der Waals surface area contributed by atoms with Crippen LogP contribution in [0.3, 0.4) is 0 Å². The van der Waals surface area contributed by atoms with E-state index in [4.69, 9.17) is 0 Å². The Morgan fingerprint density at radius 3 is 2.59 bits per heavy atom. The molecule has 0 spiro atoms. The molecule has 1 saturated heterocycles. The van der Waals surface area contributed by atoms with Crippen LogP contribution in [0.4, 0.5) is 0 Å². The molecule has 1 fully saturated rings. The molecule has 1 heterocycles. The summed E-state index contributed by atoms with van der Waals surface area (Å²) in [6.45, 7) is 13.4. The predicted octanol–water partition coefficient (Wildman–Crippen LogP) is 2.41. The fourth-order valence-corrected chi connectivity index (χ4v) is 2.59. The van der Waals surface area contributed by atoms with Crippen LogP contribution in [-0.2, 0) is 6.54 Å². The SMILES string of the molecule is Cc1cc(C)c(CN2CCNC(C)C2)cc1C. The zero-order valence-electron chi connectivity index (χ0n) is 11.5. The first-order valence-corrected chi connectivity index (χ1v) is 6.58. The van der Waals surface area contributed by atoms with Gasteiger partial charge < -0.3 is 5.32 Å². The number of nitrogens with one attached hydrogen (secondary N) is 1. The van der Waals surface area contributed by atoms with Crippen molar-refractivity contribution in [3.05, 3.63) is 34.4 Å². The molecule has 0 amide bonds. The maximum Gasteiger partial charge on any atom is 0.0237 e. The van der Waals surface area contributed by atoms with Crippen molar-refractivity contribution in [1.29, 1.82) is 0 Å². The van der Waals surface area contributed by atoms with Gasteiger partial charge in [0.2, 0.25) is 0 Å². The number of piperazine rings is 1. The average Bonchev–Trinajstić information content (AvgIpc) is 2.26. The van der Waals surface area contributed by atoms with Crippen molar-refractivity contribution in [3.8, 4) is 0 Å². The summed E-state index contributed by atoms with van der Waals surface area (Å²) in [7, 11) is 0. The number of hydrogen-bond donors (Lipinski definition) is 1. The summed E-state index contributed by atoms with van der Waals surface area (Å²) in [6, 6.07) is 5.30. The highest BCUT2D eigenvalue weighted by atomic mass is 15.2. The van der Waals surface area contributed by atoms with Gasteiger partial charge in [0.1, 0.15) is 0 Å². The summed E-state index contributed by atoms with van der Waals surface area (Å²) >= 11 is 0. The second kappa shape index (κ2) is 5.19. The Bertz CT molecular complexity index is 398. The van der Waals surface area contributed by atoms with Crippen LogP contribution in [0.2, 0.25) is 0 Å². The molecular formula is C15H24N2. The van der Waals surface area contributed by atoms with E-state index in [1.165, 1.54) is 22.3 Å². The number of nitrogens with zero attached hydrogens (tertiary/aromatic N) is 1. The monoisotopic (exact) mass is 232 g/mol. The molecule has 1 aliphatic heterocycles. The third kappa shape index (κ3) is 3.08. The number of benzene rings is 1. The van der Waals surface area contributed by atoms with E-state index in [-0.39, 0.29) is 0 Å². The highest BCUT2D eigenvalue weighted by molar-refractivity contribution is 5.36. The molecular weight excluding hydrogens is 208 g/mol. The maximum absolute atomic E-state index is 3.49. The first-order chi connectivity index (χ1) is 8.06. The van der Waals surface area contributed by atoms with Gasteiger partial charge in [-0.1, -0.05) is 12.1 Å². The summed E-state index contributed by atoms with van der Waals surface area (Å²) in [5.74, 6) is 0. The van der Waals surface area contributed by atoms with Crippen molar-refractivity contribution in [2.45, 2.75) is 40.3 Å². The van der Waals surface area contributed by atoms with Gasteiger partial charge >= 0.3 is 0 Å². The summed E-state index contributed by atoms with van der Waals surface area (Å²) in [5, 5.41) is 3.49. The van der Waals surface area contributed by atoms with Crippen LogP contribution in [0.1, 0.15) is 29.2 Å². The van der Waals surface area contributed by atoms with Gasteiger partial charge in [-0.15, -0.1) is 0 Å². The van der Waals surface area contributed by atoms with Crippen LogP contribution in [0, 0.1) is 20.8 Å². The van der Waals surface area contributed by atoms with Gasteiger partial charge in [0.15, 0.2) is 0 Å². The Morgan fingerprint density at radius 1 is 1.18 bits per heavy atom. The molecule has 1 aromatic carbocycles. The topological polar surface area (TPSA) is 15.3 Å². The van der Waals surface area contributed by atoms with Crippen molar-refractivity contribution in [3.63, 3.8) is 0 Å². The van der Waals surface area contributed by atoms with Gasteiger partial charge in [-0.05, 0) is 49.9 Å². The standard InChI is InChI=1S/C15H24N2/c1-11-7-13(3)15(8-12(11)2)10-17-6-5-16-14(4)9-17/h7-8,14,16H,5-6,9-10H2,1-4H3. The van der Waals surface area contributed by atoms with E-state index in [2.05, 4.69) is 50.0 Å². The molecule has 1 unspecified atom stereocenters. The molecule has 17 heavy (non-hydrogen) atoms. The molecule has 0 aliphatic carbocycles. The Kier molecular flexibility index (Phi) is 3.85. The van der Waals surface area contributed by atoms with Gasteiger partial charge in [-0.3, -0.25) is 4.90 Å². The highest BCUT2D eigenvalue weighted by Crippen LogP contribution is 2.17. The lowest BCUT2D eigenvalue weighted by Gasteiger charge is -2.32. The molecule has 94 valence electrons. The molecule has 1 atom stereocenters. The second-order valence-electron chi connectivity index (χ2n) is 5.45. The van der Waals surface area contributed by atoms with Gasteiger partial charge in [0.05, 0.1) is 0 Å². The molecule has 0 saturated carbocycles. The Hall–Kier alpha value is -0.860. The van der Waals surface area contributed by atoms with E-state index in [1.807, 2.05) is 0 Å². The van der Waals surface area contributed by atoms with Crippen LogP contribution >= 0.6 is 0 Å². The number of hydrogen-bond acceptors (Lipinski definition) is 2. The minimum Gasteiger partial charge on any atom is -0.312 e. The van der Waals surface area contributed by atoms with Crippen LogP contribution in [0.5, 0.6) is 0 Å².